The van der Waals surface area contributed by atoms with Crippen molar-refractivity contribution in [1.29, 1.82) is 0 Å². The van der Waals surface area contributed by atoms with Crippen LogP contribution >= 0.6 is 0 Å². The van der Waals surface area contributed by atoms with Crippen molar-refractivity contribution in [1.82, 2.24) is 10.2 Å². The predicted octanol–water partition coefficient (Wildman–Crippen LogP) is 2.25. The first-order chi connectivity index (χ1) is 6.88. The largest absolute Gasteiger partial charge is 0.320 e. The maximum Gasteiger partial charge on any atom is 0.00951 e. The Morgan fingerprint density at radius 2 is 1.93 bits per heavy atom. The van der Waals surface area contributed by atoms with Crippen LogP contribution in [0.2, 0.25) is 0 Å². The molecule has 1 rings (SSSR count). The zero-order chi connectivity index (χ0) is 10.2. The molecule has 0 bridgehead atoms. The van der Waals surface area contributed by atoms with Crippen LogP contribution in [0.15, 0.2) is 0 Å². The lowest BCUT2D eigenvalue weighted by molar-refractivity contribution is 0.162. The quantitative estimate of drug-likeness (QED) is 0.659. The molecular formula is C12H26N2. The Morgan fingerprint density at radius 1 is 1.21 bits per heavy atom. The van der Waals surface area contributed by atoms with Gasteiger partial charge >= 0.3 is 0 Å². The Morgan fingerprint density at radius 3 is 2.50 bits per heavy atom. The molecule has 1 fully saturated rings. The number of hydrogen-bond acceptors (Lipinski definition) is 2. The first-order valence-electron chi connectivity index (χ1n) is 6.27. The molecule has 0 saturated heterocycles. The average molecular weight is 198 g/mol. The van der Waals surface area contributed by atoms with Gasteiger partial charge in [0, 0.05) is 6.04 Å². The monoisotopic (exact) mass is 198 g/mol. The Hall–Kier alpha value is -0.0800. The Bertz CT molecular complexity index is 130. The van der Waals surface area contributed by atoms with E-state index >= 15 is 0 Å². The van der Waals surface area contributed by atoms with E-state index in [0.717, 1.165) is 12.6 Å². The molecule has 2 nitrogen and oxygen atoms in total. The van der Waals surface area contributed by atoms with Crippen molar-refractivity contribution in [2.45, 2.75) is 51.5 Å². The van der Waals surface area contributed by atoms with Crippen LogP contribution in [0.3, 0.4) is 0 Å². The summed E-state index contributed by atoms with van der Waals surface area (Å²) >= 11 is 0. The zero-order valence-electron chi connectivity index (χ0n) is 9.89. The summed E-state index contributed by atoms with van der Waals surface area (Å²) in [5.41, 5.74) is 0. The minimum absolute atomic E-state index is 0.894. The molecule has 0 spiro atoms. The Balaban J connectivity index is 2.21. The lowest BCUT2D eigenvalue weighted by Gasteiger charge is -2.33. The second-order valence-corrected chi connectivity index (χ2v) is 4.38. The van der Waals surface area contributed by atoms with Crippen LogP contribution in [-0.2, 0) is 0 Å². The first kappa shape index (κ1) is 12.0. The van der Waals surface area contributed by atoms with Gasteiger partial charge in [-0.25, -0.2) is 0 Å². The molecule has 1 aliphatic carbocycles. The molecule has 1 aliphatic rings. The molecule has 1 N–H and O–H groups in total. The van der Waals surface area contributed by atoms with E-state index in [1.54, 1.807) is 0 Å². The topological polar surface area (TPSA) is 15.3 Å². The summed E-state index contributed by atoms with van der Waals surface area (Å²) in [5.74, 6) is 0. The van der Waals surface area contributed by atoms with Crippen LogP contribution in [0.4, 0.5) is 0 Å². The van der Waals surface area contributed by atoms with Gasteiger partial charge in [-0.3, -0.25) is 0 Å². The van der Waals surface area contributed by atoms with Gasteiger partial charge in [0.2, 0.25) is 0 Å². The number of hydrogen-bond donors (Lipinski definition) is 1. The van der Waals surface area contributed by atoms with Gasteiger partial charge < -0.3 is 10.2 Å². The fourth-order valence-corrected chi connectivity index (χ4v) is 2.50. The van der Waals surface area contributed by atoms with Gasteiger partial charge in [-0.15, -0.1) is 0 Å². The van der Waals surface area contributed by atoms with Crippen LogP contribution in [0.5, 0.6) is 0 Å². The van der Waals surface area contributed by atoms with Gasteiger partial charge in [-0.2, -0.15) is 0 Å². The van der Waals surface area contributed by atoms with E-state index in [9.17, 15) is 0 Å². The predicted molar refractivity (Wildman–Crippen MR) is 62.7 cm³/mol. The maximum atomic E-state index is 3.22. The molecule has 1 saturated carbocycles. The molecule has 14 heavy (non-hydrogen) atoms. The summed E-state index contributed by atoms with van der Waals surface area (Å²) in [5, 5.41) is 3.22. The van der Waals surface area contributed by atoms with Crippen LogP contribution in [0.1, 0.15) is 45.4 Å². The number of nitrogens with zero attached hydrogens (tertiary/aromatic N) is 1. The molecule has 0 aromatic carbocycles. The third-order valence-electron chi connectivity index (χ3n) is 3.37. The van der Waals surface area contributed by atoms with Crippen molar-refractivity contribution >= 4 is 0 Å². The van der Waals surface area contributed by atoms with E-state index in [1.807, 2.05) is 7.05 Å². The Labute approximate surface area is 89.1 Å². The molecule has 2 heteroatoms. The van der Waals surface area contributed by atoms with Crippen LogP contribution < -0.4 is 5.32 Å². The van der Waals surface area contributed by atoms with E-state index in [0.29, 0.717) is 0 Å². The second kappa shape index (κ2) is 7.24. The van der Waals surface area contributed by atoms with Crippen molar-refractivity contribution in [2.75, 3.05) is 26.7 Å². The van der Waals surface area contributed by atoms with Crippen molar-refractivity contribution in [2.24, 2.45) is 0 Å². The molecule has 0 unspecified atom stereocenters. The summed E-state index contributed by atoms with van der Waals surface area (Å²) in [6.45, 7) is 5.97. The van der Waals surface area contributed by atoms with Crippen molar-refractivity contribution < 1.29 is 0 Å². The average Bonchev–Trinajstić information content (AvgIpc) is 2.26. The maximum absolute atomic E-state index is 3.22. The highest BCUT2D eigenvalue weighted by Gasteiger charge is 2.18. The van der Waals surface area contributed by atoms with Crippen molar-refractivity contribution in [3.63, 3.8) is 0 Å². The normalized spacial score (nSPS) is 19.1. The first-order valence-corrected chi connectivity index (χ1v) is 6.27. The van der Waals surface area contributed by atoms with Gasteiger partial charge in [0.25, 0.3) is 0 Å². The molecule has 0 radical (unpaired) electrons. The van der Waals surface area contributed by atoms with Gasteiger partial charge in [-0.1, -0.05) is 26.2 Å². The van der Waals surface area contributed by atoms with Gasteiger partial charge in [-0.05, 0) is 45.9 Å². The highest BCUT2D eigenvalue weighted by molar-refractivity contribution is 4.75. The third-order valence-corrected chi connectivity index (χ3v) is 3.37. The second-order valence-electron chi connectivity index (χ2n) is 4.38. The minimum Gasteiger partial charge on any atom is -0.320 e. The highest BCUT2D eigenvalue weighted by Crippen LogP contribution is 2.22. The molecule has 0 aromatic rings. The third kappa shape index (κ3) is 3.97. The van der Waals surface area contributed by atoms with E-state index in [4.69, 9.17) is 0 Å². The molecular weight excluding hydrogens is 172 g/mol. The lowest BCUT2D eigenvalue weighted by Crippen LogP contribution is -2.38. The van der Waals surface area contributed by atoms with Crippen molar-refractivity contribution in [3.05, 3.63) is 0 Å². The van der Waals surface area contributed by atoms with Crippen LogP contribution in [0.25, 0.3) is 0 Å². The van der Waals surface area contributed by atoms with E-state index in [2.05, 4.69) is 17.1 Å². The van der Waals surface area contributed by atoms with Crippen molar-refractivity contribution in [3.8, 4) is 0 Å². The highest BCUT2D eigenvalue weighted by atomic mass is 15.1. The summed E-state index contributed by atoms with van der Waals surface area (Å²) in [6.07, 6.45) is 8.53. The smallest absolute Gasteiger partial charge is 0.00951 e. The molecule has 0 heterocycles. The zero-order valence-corrected chi connectivity index (χ0v) is 9.89. The van der Waals surface area contributed by atoms with E-state index in [-0.39, 0.29) is 0 Å². The number of rotatable bonds is 6. The summed E-state index contributed by atoms with van der Waals surface area (Å²) in [4.78, 5) is 2.68. The van der Waals surface area contributed by atoms with Crippen LogP contribution in [-0.4, -0.2) is 37.6 Å². The Kier molecular flexibility index (Phi) is 6.20. The number of nitrogens with one attached hydrogen (secondary N) is 1. The standard InChI is InChI=1S/C12H26N2/c1-3-14(11-7-10-13-2)12-8-5-4-6-9-12/h12-13H,3-11H2,1-2H3. The minimum atomic E-state index is 0.894. The fourth-order valence-electron chi connectivity index (χ4n) is 2.50. The van der Waals surface area contributed by atoms with Gasteiger partial charge in [0.1, 0.15) is 0 Å². The lowest BCUT2D eigenvalue weighted by atomic mass is 9.94. The summed E-state index contributed by atoms with van der Waals surface area (Å²) in [6, 6.07) is 0.894. The summed E-state index contributed by atoms with van der Waals surface area (Å²) in [7, 11) is 2.04. The molecule has 0 aliphatic heterocycles. The van der Waals surface area contributed by atoms with E-state index < -0.39 is 0 Å². The fraction of sp³-hybridized carbons (Fsp3) is 1.00. The van der Waals surface area contributed by atoms with Gasteiger partial charge in [0.05, 0.1) is 0 Å². The summed E-state index contributed by atoms with van der Waals surface area (Å²) < 4.78 is 0. The van der Waals surface area contributed by atoms with Crippen LogP contribution in [0, 0.1) is 0 Å². The molecule has 0 aromatic heterocycles. The molecule has 84 valence electrons. The molecule has 0 atom stereocenters. The van der Waals surface area contributed by atoms with Gasteiger partial charge in [0.15, 0.2) is 0 Å². The molecule has 0 amide bonds. The SMILES string of the molecule is CCN(CCCNC)C1CCCCC1. The van der Waals surface area contributed by atoms with E-state index in [1.165, 1.54) is 51.6 Å².